The van der Waals surface area contributed by atoms with Gasteiger partial charge in [-0.1, -0.05) is 6.92 Å². The second kappa shape index (κ2) is 8.59. The SMILES string of the molecule is CC1CCN(C(=O)c2ccnc(Nc3ccc(N4CCCCC4)cc3)n2)CC1. The van der Waals surface area contributed by atoms with E-state index in [1.165, 1.54) is 24.9 Å². The summed E-state index contributed by atoms with van der Waals surface area (Å²) in [6, 6.07) is 10.1. The Morgan fingerprint density at radius 1 is 1.00 bits per heavy atom. The molecule has 0 spiro atoms. The van der Waals surface area contributed by atoms with Crippen LogP contribution in [0.3, 0.4) is 0 Å². The number of nitrogens with one attached hydrogen (secondary N) is 1. The Hall–Kier alpha value is -2.63. The van der Waals surface area contributed by atoms with Crippen LogP contribution >= 0.6 is 0 Å². The van der Waals surface area contributed by atoms with Gasteiger partial charge in [0.2, 0.25) is 5.95 Å². The second-order valence-corrected chi connectivity index (χ2v) is 7.96. The first-order valence-corrected chi connectivity index (χ1v) is 10.4. The van der Waals surface area contributed by atoms with Gasteiger partial charge in [-0.25, -0.2) is 9.97 Å². The third kappa shape index (κ3) is 4.43. The number of likely N-dealkylation sites (tertiary alicyclic amines) is 1. The van der Waals surface area contributed by atoms with Crippen molar-refractivity contribution in [3.05, 3.63) is 42.2 Å². The molecule has 6 nitrogen and oxygen atoms in total. The topological polar surface area (TPSA) is 61.4 Å². The maximum absolute atomic E-state index is 12.7. The standard InChI is InChI=1S/C22H29N5O/c1-17-10-15-27(16-11-17)21(28)20-9-12-23-22(25-20)24-18-5-7-19(8-6-18)26-13-3-2-4-14-26/h5-9,12,17H,2-4,10-11,13-16H2,1H3,(H,23,24,25). The van der Waals surface area contributed by atoms with E-state index in [4.69, 9.17) is 0 Å². The highest BCUT2D eigenvalue weighted by atomic mass is 16.2. The smallest absolute Gasteiger partial charge is 0.272 e. The van der Waals surface area contributed by atoms with Gasteiger partial charge in [-0.3, -0.25) is 4.79 Å². The van der Waals surface area contributed by atoms with Gasteiger partial charge in [-0.05, 0) is 68.4 Å². The number of hydrogen-bond acceptors (Lipinski definition) is 5. The molecule has 1 aromatic carbocycles. The Morgan fingerprint density at radius 2 is 1.71 bits per heavy atom. The van der Waals surface area contributed by atoms with E-state index in [1.54, 1.807) is 12.3 Å². The molecule has 6 heteroatoms. The minimum absolute atomic E-state index is 0.00204. The van der Waals surface area contributed by atoms with Crippen molar-refractivity contribution in [2.75, 3.05) is 36.4 Å². The molecule has 1 amide bonds. The number of piperidine rings is 2. The van der Waals surface area contributed by atoms with Crippen LogP contribution in [-0.2, 0) is 0 Å². The predicted octanol–water partition coefficient (Wildman–Crippen LogP) is 4.08. The lowest BCUT2D eigenvalue weighted by Gasteiger charge is -2.30. The molecule has 2 fully saturated rings. The van der Waals surface area contributed by atoms with Crippen LogP contribution in [0.5, 0.6) is 0 Å². The summed E-state index contributed by atoms with van der Waals surface area (Å²) in [6.07, 6.45) is 7.64. The van der Waals surface area contributed by atoms with Crippen LogP contribution in [0.25, 0.3) is 0 Å². The molecule has 0 unspecified atom stereocenters. The van der Waals surface area contributed by atoms with E-state index in [-0.39, 0.29) is 5.91 Å². The minimum atomic E-state index is -0.00204. The summed E-state index contributed by atoms with van der Waals surface area (Å²) in [5.41, 5.74) is 2.64. The number of nitrogens with zero attached hydrogens (tertiary/aromatic N) is 4. The largest absolute Gasteiger partial charge is 0.372 e. The summed E-state index contributed by atoms with van der Waals surface area (Å²) in [4.78, 5) is 25.8. The van der Waals surface area contributed by atoms with Crippen molar-refractivity contribution >= 4 is 23.2 Å². The molecule has 148 valence electrons. The Morgan fingerprint density at radius 3 is 2.43 bits per heavy atom. The lowest BCUT2D eigenvalue weighted by molar-refractivity contribution is 0.0691. The minimum Gasteiger partial charge on any atom is -0.372 e. The Labute approximate surface area is 167 Å². The van der Waals surface area contributed by atoms with E-state index >= 15 is 0 Å². The van der Waals surface area contributed by atoms with Gasteiger partial charge in [0.05, 0.1) is 0 Å². The second-order valence-electron chi connectivity index (χ2n) is 7.96. The normalized spacial score (nSPS) is 18.2. The maximum Gasteiger partial charge on any atom is 0.272 e. The monoisotopic (exact) mass is 379 g/mol. The quantitative estimate of drug-likeness (QED) is 0.867. The molecular formula is C22H29N5O. The first-order chi connectivity index (χ1) is 13.7. The van der Waals surface area contributed by atoms with Gasteiger partial charge in [0.15, 0.2) is 0 Å². The van der Waals surface area contributed by atoms with E-state index in [1.807, 2.05) is 17.0 Å². The zero-order valence-corrected chi connectivity index (χ0v) is 16.6. The van der Waals surface area contributed by atoms with Crippen LogP contribution in [-0.4, -0.2) is 47.0 Å². The lowest BCUT2D eigenvalue weighted by Crippen LogP contribution is -2.38. The summed E-state index contributed by atoms with van der Waals surface area (Å²) in [5, 5.41) is 3.23. The zero-order valence-electron chi connectivity index (χ0n) is 16.6. The third-order valence-electron chi connectivity index (χ3n) is 5.79. The average molecular weight is 380 g/mol. The number of hydrogen-bond donors (Lipinski definition) is 1. The van der Waals surface area contributed by atoms with Crippen LogP contribution in [0, 0.1) is 5.92 Å². The summed E-state index contributed by atoms with van der Waals surface area (Å²) in [7, 11) is 0. The van der Waals surface area contributed by atoms with E-state index in [9.17, 15) is 4.79 Å². The zero-order chi connectivity index (χ0) is 19.3. The molecule has 0 bridgehead atoms. The van der Waals surface area contributed by atoms with E-state index in [0.29, 0.717) is 17.6 Å². The van der Waals surface area contributed by atoms with Crippen molar-refractivity contribution in [2.24, 2.45) is 5.92 Å². The number of amides is 1. The fourth-order valence-corrected chi connectivity index (χ4v) is 3.95. The Bertz CT molecular complexity index is 793. The van der Waals surface area contributed by atoms with E-state index < -0.39 is 0 Å². The molecule has 0 aliphatic carbocycles. The van der Waals surface area contributed by atoms with Crippen LogP contribution < -0.4 is 10.2 Å². The first kappa shape index (κ1) is 18.7. The van der Waals surface area contributed by atoms with E-state index in [0.717, 1.165) is 44.7 Å². The van der Waals surface area contributed by atoms with Gasteiger partial charge in [-0.15, -0.1) is 0 Å². The van der Waals surface area contributed by atoms with Crippen LogP contribution in [0.1, 0.15) is 49.5 Å². The number of anilines is 3. The molecule has 0 radical (unpaired) electrons. The Kier molecular flexibility index (Phi) is 5.74. The highest BCUT2D eigenvalue weighted by Gasteiger charge is 2.22. The summed E-state index contributed by atoms with van der Waals surface area (Å²) in [5.74, 6) is 1.15. The molecule has 2 aromatic rings. The molecule has 2 aliphatic heterocycles. The van der Waals surface area contributed by atoms with Gasteiger partial charge in [0.1, 0.15) is 5.69 Å². The fraction of sp³-hybridized carbons (Fsp3) is 0.500. The number of benzene rings is 1. The summed E-state index contributed by atoms with van der Waals surface area (Å²) < 4.78 is 0. The maximum atomic E-state index is 12.7. The van der Waals surface area contributed by atoms with Gasteiger partial charge >= 0.3 is 0 Å². The molecule has 4 rings (SSSR count). The highest BCUT2D eigenvalue weighted by Crippen LogP contribution is 2.23. The van der Waals surface area contributed by atoms with Crippen molar-refractivity contribution in [3.8, 4) is 0 Å². The lowest BCUT2D eigenvalue weighted by atomic mass is 9.99. The van der Waals surface area contributed by atoms with Crippen LogP contribution in [0.4, 0.5) is 17.3 Å². The molecule has 3 heterocycles. The predicted molar refractivity (Wildman–Crippen MR) is 112 cm³/mol. The summed E-state index contributed by atoms with van der Waals surface area (Å²) >= 11 is 0. The molecule has 28 heavy (non-hydrogen) atoms. The first-order valence-electron chi connectivity index (χ1n) is 10.4. The molecule has 0 atom stereocenters. The summed E-state index contributed by atoms with van der Waals surface area (Å²) in [6.45, 7) is 6.13. The highest BCUT2D eigenvalue weighted by molar-refractivity contribution is 5.92. The molecule has 2 saturated heterocycles. The number of carbonyl (C=O) groups excluding carboxylic acids is 1. The molecule has 0 saturated carbocycles. The van der Waals surface area contributed by atoms with Crippen molar-refractivity contribution < 1.29 is 4.79 Å². The van der Waals surface area contributed by atoms with Gasteiger partial charge < -0.3 is 15.1 Å². The van der Waals surface area contributed by atoms with Crippen LogP contribution in [0.2, 0.25) is 0 Å². The third-order valence-corrected chi connectivity index (χ3v) is 5.79. The molecule has 1 aromatic heterocycles. The van der Waals surface area contributed by atoms with Gasteiger partial charge in [0.25, 0.3) is 5.91 Å². The number of rotatable bonds is 4. The van der Waals surface area contributed by atoms with Crippen LogP contribution in [0.15, 0.2) is 36.5 Å². The molecule has 2 aliphatic rings. The fourth-order valence-electron chi connectivity index (χ4n) is 3.95. The van der Waals surface area contributed by atoms with Crippen molar-refractivity contribution in [1.82, 2.24) is 14.9 Å². The average Bonchev–Trinajstić information content (AvgIpc) is 2.75. The molecular weight excluding hydrogens is 350 g/mol. The van der Waals surface area contributed by atoms with Crippen molar-refractivity contribution in [3.63, 3.8) is 0 Å². The molecule has 1 N–H and O–H groups in total. The van der Waals surface area contributed by atoms with Crippen molar-refractivity contribution in [1.29, 1.82) is 0 Å². The number of carbonyl (C=O) groups is 1. The Balaban J connectivity index is 1.41. The van der Waals surface area contributed by atoms with Gasteiger partial charge in [-0.2, -0.15) is 0 Å². The van der Waals surface area contributed by atoms with E-state index in [2.05, 4.69) is 39.2 Å². The van der Waals surface area contributed by atoms with Crippen molar-refractivity contribution in [2.45, 2.75) is 39.0 Å². The number of aromatic nitrogens is 2. The van der Waals surface area contributed by atoms with Gasteiger partial charge in [0, 0.05) is 43.8 Å².